The molecule has 0 radical (unpaired) electrons. The van der Waals surface area contributed by atoms with E-state index in [4.69, 9.17) is 0 Å². The first-order valence-electron chi connectivity index (χ1n) is 3.56. The molecule has 0 N–H and O–H groups in total. The lowest BCUT2D eigenvalue weighted by molar-refractivity contribution is 0.671. The number of rotatable bonds is 2. The van der Waals surface area contributed by atoms with Gasteiger partial charge in [-0.25, -0.2) is 4.21 Å². The number of aromatic nitrogens is 2. The average Bonchev–Trinajstić information content (AvgIpc) is 2.77. The van der Waals surface area contributed by atoms with Crippen LogP contribution in [0.1, 0.15) is 0 Å². The van der Waals surface area contributed by atoms with E-state index in [-0.39, 0.29) is 0 Å². The molecule has 2 heterocycles. The molecule has 0 spiro atoms. The van der Waals surface area contributed by atoms with Gasteiger partial charge in [-0.2, -0.15) is 0 Å². The fourth-order valence-corrected chi connectivity index (χ4v) is 1.87. The van der Waals surface area contributed by atoms with Gasteiger partial charge in [0, 0.05) is 24.8 Å². The van der Waals surface area contributed by atoms with Crippen molar-refractivity contribution in [1.82, 2.24) is 7.94 Å². The summed E-state index contributed by atoms with van der Waals surface area (Å²) >= 11 is -1.15. The summed E-state index contributed by atoms with van der Waals surface area (Å²) in [5, 5.41) is 0. The van der Waals surface area contributed by atoms with Crippen LogP contribution in [0.5, 0.6) is 0 Å². The van der Waals surface area contributed by atoms with Gasteiger partial charge < -0.3 is 0 Å². The summed E-state index contributed by atoms with van der Waals surface area (Å²) in [5.74, 6) is 0. The first kappa shape index (κ1) is 7.36. The molecule has 0 bridgehead atoms. The molecule has 2 aromatic heterocycles. The summed E-state index contributed by atoms with van der Waals surface area (Å²) in [6.07, 6.45) is 7.10. The van der Waals surface area contributed by atoms with E-state index >= 15 is 0 Å². The third-order valence-electron chi connectivity index (χ3n) is 1.51. The highest BCUT2D eigenvalue weighted by molar-refractivity contribution is 7.81. The predicted octanol–water partition coefficient (Wildman–Crippen LogP) is 1.26. The zero-order chi connectivity index (χ0) is 8.39. The monoisotopic (exact) mass is 180 g/mol. The van der Waals surface area contributed by atoms with Crippen molar-refractivity contribution in [2.24, 2.45) is 0 Å². The fraction of sp³-hybridized carbons (Fsp3) is 0. The van der Waals surface area contributed by atoms with Crippen LogP contribution in [0.15, 0.2) is 49.1 Å². The second-order valence-electron chi connectivity index (χ2n) is 2.32. The summed E-state index contributed by atoms with van der Waals surface area (Å²) in [5.41, 5.74) is 0. The maximum Gasteiger partial charge on any atom is 0.232 e. The molecular formula is C8H8N2OS. The fourth-order valence-electron chi connectivity index (χ4n) is 0.955. The van der Waals surface area contributed by atoms with E-state index in [9.17, 15) is 4.21 Å². The normalized spacial score (nSPS) is 10.8. The van der Waals surface area contributed by atoms with E-state index in [0.717, 1.165) is 0 Å². The lowest BCUT2D eigenvalue weighted by Gasteiger charge is -2.01. The highest BCUT2D eigenvalue weighted by Gasteiger charge is 2.00. The molecule has 0 aliphatic heterocycles. The summed E-state index contributed by atoms with van der Waals surface area (Å²) in [7, 11) is 0. The van der Waals surface area contributed by atoms with E-state index in [2.05, 4.69) is 0 Å². The average molecular weight is 180 g/mol. The predicted molar refractivity (Wildman–Crippen MR) is 47.8 cm³/mol. The van der Waals surface area contributed by atoms with Gasteiger partial charge in [0.1, 0.15) is 0 Å². The second-order valence-corrected chi connectivity index (χ2v) is 3.62. The summed E-state index contributed by atoms with van der Waals surface area (Å²) < 4.78 is 14.9. The van der Waals surface area contributed by atoms with Crippen molar-refractivity contribution in [3.8, 4) is 0 Å². The Balaban J connectivity index is 2.34. The van der Waals surface area contributed by atoms with Crippen molar-refractivity contribution in [3.05, 3.63) is 49.1 Å². The number of nitrogens with zero attached hydrogens (tertiary/aromatic N) is 2. The molecule has 0 unspecified atom stereocenters. The van der Waals surface area contributed by atoms with Crippen molar-refractivity contribution in [1.29, 1.82) is 0 Å². The highest BCUT2D eigenvalue weighted by atomic mass is 32.2. The first-order chi connectivity index (χ1) is 5.88. The van der Waals surface area contributed by atoms with Crippen LogP contribution < -0.4 is 0 Å². The van der Waals surface area contributed by atoms with Crippen LogP contribution in [-0.2, 0) is 11.2 Å². The quantitative estimate of drug-likeness (QED) is 0.683. The van der Waals surface area contributed by atoms with Crippen LogP contribution in [0, 0.1) is 0 Å². The lowest BCUT2D eigenvalue weighted by Crippen LogP contribution is -2.09. The Labute approximate surface area is 73.0 Å². The second kappa shape index (κ2) is 2.98. The molecule has 3 nitrogen and oxygen atoms in total. The van der Waals surface area contributed by atoms with Crippen molar-refractivity contribution in [2.45, 2.75) is 0 Å². The number of hydrogen-bond acceptors (Lipinski definition) is 1. The standard InChI is InChI=1S/C8H8N2OS/c11-12(9-5-1-2-6-9)10-7-3-4-8-10/h1-8H. The van der Waals surface area contributed by atoms with E-state index in [1.54, 1.807) is 32.7 Å². The molecule has 2 aromatic rings. The summed E-state index contributed by atoms with van der Waals surface area (Å²) in [6.45, 7) is 0. The molecule has 4 heteroatoms. The minimum Gasteiger partial charge on any atom is -0.257 e. The zero-order valence-electron chi connectivity index (χ0n) is 6.33. The molecule has 2 rings (SSSR count). The van der Waals surface area contributed by atoms with E-state index < -0.39 is 11.2 Å². The van der Waals surface area contributed by atoms with Gasteiger partial charge in [0.05, 0.1) is 0 Å². The van der Waals surface area contributed by atoms with Gasteiger partial charge >= 0.3 is 0 Å². The largest absolute Gasteiger partial charge is 0.257 e. The Morgan fingerprint density at radius 2 is 1.08 bits per heavy atom. The molecule has 0 aliphatic rings. The maximum atomic E-state index is 11.6. The maximum absolute atomic E-state index is 11.6. The summed E-state index contributed by atoms with van der Waals surface area (Å²) in [4.78, 5) is 0. The minimum absolute atomic E-state index is 1.15. The molecule has 0 atom stereocenters. The van der Waals surface area contributed by atoms with Gasteiger partial charge in [-0.05, 0) is 24.3 Å². The summed E-state index contributed by atoms with van der Waals surface area (Å²) in [6, 6.07) is 7.39. The third-order valence-corrected chi connectivity index (χ3v) is 2.72. The molecule has 12 heavy (non-hydrogen) atoms. The van der Waals surface area contributed by atoms with Gasteiger partial charge in [0.25, 0.3) is 0 Å². The smallest absolute Gasteiger partial charge is 0.232 e. The van der Waals surface area contributed by atoms with Gasteiger partial charge in [0.15, 0.2) is 0 Å². The van der Waals surface area contributed by atoms with Crippen LogP contribution in [0.4, 0.5) is 0 Å². The minimum atomic E-state index is -1.15. The van der Waals surface area contributed by atoms with Gasteiger partial charge in [-0.15, -0.1) is 0 Å². The Morgan fingerprint density at radius 1 is 0.750 bits per heavy atom. The van der Waals surface area contributed by atoms with Gasteiger partial charge in [-0.1, -0.05) is 0 Å². The third kappa shape index (κ3) is 1.21. The van der Waals surface area contributed by atoms with Gasteiger partial charge in [-0.3, -0.25) is 7.94 Å². The van der Waals surface area contributed by atoms with Crippen LogP contribution in [-0.4, -0.2) is 12.2 Å². The molecule has 0 aromatic carbocycles. The lowest BCUT2D eigenvalue weighted by atomic mass is 10.7. The molecular weight excluding hydrogens is 172 g/mol. The Bertz CT molecular complexity index is 327. The Hall–Kier alpha value is -1.29. The topological polar surface area (TPSA) is 26.9 Å². The van der Waals surface area contributed by atoms with Crippen molar-refractivity contribution >= 4 is 11.2 Å². The van der Waals surface area contributed by atoms with E-state index in [0.29, 0.717) is 0 Å². The first-order valence-corrected chi connectivity index (χ1v) is 4.63. The molecule has 0 fully saturated rings. The molecule has 62 valence electrons. The zero-order valence-corrected chi connectivity index (χ0v) is 7.15. The Kier molecular flexibility index (Phi) is 1.83. The van der Waals surface area contributed by atoms with Gasteiger partial charge in [0.2, 0.25) is 11.2 Å². The highest BCUT2D eigenvalue weighted by Crippen LogP contribution is 1.98. The molecule has 0 aliphatic carbocycles. The van der Waals surface area contributed by atoms with Crippen LogP contribution in [0.2, 0.25) is 0 Å². The molecule has 0 saturated carbocycles. The SMILES string of the molecule is O=S(n1cccc1)n1cccc1. The number of hydrogen-bond donors (Lipinski definition) is 0. The molecule has 0 saturated heterocycles. The van der Waals surface area contributed by atoms with E-state index in [1.807, 2.05) is 24.3 Å². The van der Waals surface area contributed by atoms with Crippen LogP contribution >= 0.6 is 0 Å². The van der Waals surface area contributed by atoms with Crippen molar-refractivity contribution in [3.63, 3.8) is 0 Å². The van der Waals surface area contributed by atoms with E-state index in [1.165, 1.54) is 0 Å². The molecule has 0 amide bonds. The van der Waals surface area contributed by atoms with Crippen LogP contribution in [0.25, 0.3) is 0 Å². The van der Waals surface area contributed by atoms with Crippen molar-refractivity contribution in [2.75, 3.05) is 0 Å². The van der Waals surface area contributed by atoms with Crippen molar-refractivity contribution < 1.29 is 4.21 Å². The Morgan fingerprint density at radius 3 is 1.42 bits per heavy atom. The van der Waals surface area contributed by atoms with Crippen LogP contribution in [0.3, 0.4) is 0 Å².